The second-order valence-corrected chi connectivity index (χ2v) is 5.70. The van der Waals surface area contributed by atoms with Crippen molar-refractivity contribution in [3.63, 3.8) is 0 Å². The molecule has 1 saturated heterocycles. The topological polar surface area (TPSA) is 48.9 Å². The monoisotopic (exact) mass is 316 g/mol. The fraction of sp³-hybridized carbons (Fsp3) is 0.500. The number of rotatable bonds is 6. The van der Waals surface area contributed by atoms with Crippen LogP contribution in [0.4, 0.5) is 0 Å². The molecule has 1 heterocycles. The van der Waals surface area contributed by atoms with Crippen LogP contribution in [0.1, 0.15) is 17.2 Å². The lowest BCUT2D eigenvalue weighted by Gasteiger charge is -2.35. The Hall–Kier alpha value is -1.85. The zero-order valence-corrected chi connectivity index (χ0v) is 14.2. The summed E-state index contributed by atoms with van der Waals surface area (Å²) in [7, 11) is 1.79. The Bertz CT molecular complexity index is 524. The molecule has 1 aromatic carbocycles. The Morgan fingerprint density at radius 1 is 1.39 bits per heavy atom. The van der Waals surface area contributed by atoms with E-state index in [1.165, 1.54) is 11.1 Å². The van der Waals surface area contributed by atoms with Gasteiger partial charge in [0.25, 0.3) is 0 Å². The number of hydrogen-bond donors (Lipinski definition) is 2. The molecule has 0 amide bonds. The number of nitrogens with one attached hydrogen (secondary N) is 2. The largest absolute Gasteiger partial charge is 0.379 e. The van der Waals surface area contributed by atoms with Gasteiger partial charge in [-0.25, -0.2) is 0 Å². The van der Waals surface area contributed by atoms with Gasteiger partial charge in [0.15, 0.2) is 5.96 Å². The summed E-state index contributed by atoms with van der Waals surface area (Å²) in [4.78, 5) is 6.74. The number of guanidine groups is 1. The quantitative estimate of drug-likeness (QED) is 0.477. The fourth-order valence-electron chi connectivity index (χ4n) is 2.81. The van der Waals surface area contributed by atoms with E-state index in [1.807, 2.05) is 6.08 Å². The van der Waals surface area contributed by atoms with Gasteiger partial charge < -0.3 is 15.4 Å². The summed E-state index contributed by atoms with van der Waals surface area (Å²) in [6.45, 7) is 10.9. The van der Waals surface area contributed by atoms with Gasteiger partial charge in [0.1, 0.15) is 0 Å². The Labute approximate surface area is 139 Å². The third-order valence-electron chi connectivity index (χ3n) is 4.01. The number of benzene rings is 1. The van der Waals surface area contributed by atoms with Crippen molar-refractivity contribution < 1.29 is 4.74 Å². The SMILES string of the molecule is C=CCNC(=NC)NCC(c1cccc(C)c1)N1CCOCC1. The van der Waals surface area contributed by atoms with E-state index in [0.717, 1.165) is 38.8 Å². The zero-order chi connectivity index (χ0) is 16.5. The molecule has 5 heteroatoms. The van der Waals surface area contributed by atoms with Crippen LogP contribution in [0.5, 0.6) is 0 Å². The first-order chi connectivity index (χ1) is 11.2. The highest BCUT2D eigenvalue weighted by Gasteiger charge is 2.22. The summed E-state index contributed by atoms with van der Waals surface area (Å²) in [5, 5.41) is 6.65. The zero-order valence-electron chi connectivity index (χ0n) is 14.2. The van der Waals surface area contributed by atoms with Crippen LogP contribution in [-0.4, -0.2) is 57.3 Å². The lowest BCUT2D eigenvalue weighted by molar-refractivity contribution is 0.0170. The van der Waals surface area contributed by atoms with Crippen molar-refractivity contribution in [1.82, 2.24) is 15.5 Å². The van der Waals surface area contributed by atoms with Crippen LogP contribution in [0.25, 0.3) is 0 Å². The number of nitrogens with zero attached hydrogens (tertiary/aromatic N) is 2. The molecule has 5 nitrogen and oxygen atoms in total. The van der Waals surface area contributed by atoms with Crippen LogP contribution < -0.4 is 10.6 Å². The molecule has 0 aromatic heterocycles. The Kier molecular flexibility index (Phi) is 7.10. The van der Waals surface area contributed by atoms with E-state index in [2.05, 4.69) is 58.3 Å². The number of aryl methyl sites for hydroxylation is 1. The molecule has 0 bridgehead atoms. The van der Waals surface area contributed by atoms with Crippen molar-refractivity contribution >= 4 is 5.96 Å². The second kappa shape index (κ2) is 9.33. The van der Waals surface area contributed by atoms with Gasteiger partial charge in [-0.15, -0.1) is 6.58 Å². The maximum atomic E-state index is 5.50. The summed E-state index contributed by atoms with van der Waals surface area (Å²) in [5.41, 5.74) is 2.62. The fourth-order valence-corrected chi connectivity index (χ4v) is 2.81. The summed E-state index contributed by atoms with van der Waals surface area (Å²) in [6, 6.07) is 9.04. The molecule has 1 atom stereocenters. The third kappa shape index (κ3) is 5.37. The van der Waals surface area contributed by atoms with Gasteiger partial charge in [-0.1, -0.05) is 35.9 Å². The summed E-state index contributed by atoms with van der Waals surface area (Å²) < 4.78 is 5.50. The van der Waals surface area contributed by atoms with Crippen molar-refractivity contribution in [3.8, 4) is 0 Å². The molecule has 0 saturated carbocycles. The highest BCUT2D eigenvalue weighted by Crippen LogP contribution is 2.22. The van der Waals surface area contributed by atoms with Crippen molar-refractivity contribution in [2.75, 3.05) is 46.4 Å². The Morgan fingerprint density at radius 3 is 2.83 bits per heavy atom. The van der Waals surface area contributed by atoms with Crippen molar-refractivity contribution in [3.05, 3.63) is 48.0 Å². The molecule has 1 aliphatic heterocycles. The molecule has 1 aliphatic rings. The average Bonchev–Trinajstić information content (AvgIpc) is 2.59. The smallest absolute Gasteiger partial charge is 0.191 e. The van der Waals surface area contributed by atoms with Gasteiger partial charge in [0.05, 0.1) is 19.3 Å². The van der Waals surface area contributed by atoms with Gasteiger partial charge in [-0.05, 0) is 12.5 Å². The van der Waals surface area contributed by atoms with E-state index < -0.39 is 0 Å². The third-order valence-corrected chi connectivity index (χ3v) is 4.01. The van der Waals surface area contributed by atoms with Crippen LogP contribution in [0.2, 0.25) is 0 Å². The number of ether oxygens (including phenoxy) is 1. The molecule has 23 heavy (non-hydrogen) atoms. The van der Waals surface area contributed by atoms with E-state index >= 15 is 0 Å². The van der Waals surface area contributed by atoms with Crippen molar-refractivity contribution in [2.24, 2.45) is 4.99 Å². The van der Waals surface area contributed by atoms with Gasteiger partial charge in [0.2, 0.25) is 0 Å². The summed E-state index contributed by atoms with van der Waals surface area (Å²) in [6.07, 6.45) is 1.83. The molecule has 1 aromatic rings. The lowest BCUT2D eigenvalue weighted by Crippen LogP contribution is -2.46. The predicted molar refractivity (Wildman–Crippen MR) is 95.9 cm³/mol. The first kappa shape index (κ1) is 17.5. The van der Waals surface area contributed by atoms with Crippen LogP contribution in [0, 0.1) is 6.92 Å². The minimum atomic E-state index is 0.307. The van der Waals surface area contributed by atoms with E-state index in [1.54, 1.807) is 7.05 Å². The molecule has 0 spiro atoms. The molecule has 1 unspecified atom stereocenters. The molecule has 0 radical (unpaired) electrons. The van der Waals surface area contributed by atoms with E-state index in [-0.39, 0.29) is 0 Å². The molecule has 2 rings (SSSR count). The lowest BCUT2D eigenvalue weighted by atomic mass is 10.0. The van der Waals surface area contributed by atoms with Crippen LogP contribution in [0.15, 0.2) is 41.9 Å². The van der Waals surface area contributed by atoms with Crippen LogP contribution in [-0.2, 0) is 4.74 Å². The van der Waals surface area contributed by atoms with Crippen LogP contribution in [0.3, 0.4) is 0 Å². The maximum absolute atomic E-state index is 5.50. The van der Waals surface area contributed by atoms with Gasteiger partial charge >= 0.3 is 0 Å². The van der Waals surface area contributed by atoms with Gasteiger partial charge in [-0.3, -0.25) is 9.89 Å². The Morgan fingerprint density at radius 2 is 2.17 bits per heavy atom. The number of hydrogen-bond acceptors (Lipinski definition) is 3. The highest BCUT2D eigenvalue weighted by atomic mass is 16.5. The summed E-state index contributed by atoms with van der Waals surface area (Å²) >= 11 is 0. The second-order valence-electron chi connectivity index (χ2n) is 5.70. The van der Waals surface area contributed by atoms with E-state index in [4.69, 9.17) is 4.74 Å². The van der Waals surface area contributed by atoms with Crippen molar-refractivity contribution in [2.45, 2.75) is 13.0 Å². The normalized spacial score (nSPS) is 17.6. The van der Waals surface area contributed by atoms with Gasteiger partial charge in [-0.2, -0.15) is 0 Å². The maximum Gasteiger partial charge on any atom is 0.191 e. The minimum Gasteiger partial charge on any atom is -0.379 e. The van der Waals surface area contributed by atoms with E-state index in [9.17, 15) is 0 Å². The van der Waals surface area contributed by atoms with E-state index in [0.29, 0.717) is 12.6 Å². The molecular weight excluding hydrogens is 288 g/mol. The molecule has 126 valence electrons. The first-order valence-corrected chi connectivity index (χ1v) is 8.18. The molecular formula is C18H28N4O. The molecule has 0 aliphatic carbocycles. The number of aliphatic imine (C=N–C) groups is 1. The average molecular weight is 316 g/mol. The molecule has 1 fully saturated rings. The van der Waals surface area contributed by atoms with Crippen molar-refractivity contribution in [1.29, 1.82) is 0 Å². The summed E-state index contributed by atoms with van der Waals surface area (Å²) in [5.74, 6) is 0.802. The number of morpholine rings is 1. The van der Waals surface area contributed by atoms with Gasteiger partial charge in [0, 0.05) is 33.2 Å². The minimum absolute atomic E-state index is 0.307. The van der Waals surface area contributed by atoms with Crippen LogP contribution >= 0.6 is 0 Å². The molecule has 2 N–H and O–H groups in total. The Balaban J connectivity index is 2.08. The first-order valence-electron chi connectivity index (χ1n) is 8.18. The standard InChI is InChI=1S/C18H28N4O/c1-4-8-20-18(19-3)21-14-17(22-9-11-23-12-10-22)16-7-5-6-15(2)13-16/h4-7,13,17H,1,8-12,14H2,2-3H3,(H2,19,20,21). The highest BCUT2D eigenvalue weighted by molar-refractivity contribution is 5.79. The predicted octanol–water partition coefficient (Wildman–Crippen LogP) is 1.72.